The summed E-state index contributed by atoms with van der Waals surface area (Å²) in [7, 11) is 1.87. The molecule has 0 fully saturated rings. The summed E-state index contributed by atoms with van der Waals surface area (Å²) >= 11 is 1.58. The summed E-state index contributed by atoms with van der Waals surface area (Å²) in [4.78, 5) is 1.13. The van der Waals surface area contributed by atoms with E-state index in [1.165, 1.54) is 5.56 Å². The zero-order chi connectivity index (χ0) is 13.3. The molecule has 0 amide bonds. The molecule has 94 valence electrons. The van der Waals surface area contributed by atoms with Gasteiger partial charge in [0, 0.05) is 11.9 Å². The average Bonchev–Trinajstić information content (AvgIpc) is 2.53. The molecule has 2 aromatic rings. The highest BCUT2D eigenvalue weighted by atomic mass is 32.2. The standard InChI is InChI=1S/C13H16N4S/c1-8-5-4-6-10(7-8)18-13-11(12(14)15)9(2)16-17(13)3/h4-7H,1-3H3,(H3,14,15). The number of hydrogen-bond acceptors (Lipinski definition) is 3. The Bertz CT molecular complexity index is 601. The molecule has 0 saturated heterocycles. The molecule has 0 aliphatic heterocycles. The van der Waals surface area contributed by atoms with E-state index in [4.69, 9.17) is 11.1 Å². The van der Waals surface area contributed by atoms with Gasteiger partial charge in [-0.15, -0.1) is 0 Å². The lowest BCUT2D eigenvalue weighted by molar-refractivity contribution is 0.692. The second-order valence-corrected chi connectivity index (χ2v) is 5.28. The number of amidine groups is 1. The summed E-state index contributed by atoms with van der Waals surface area (Å²) < 4.78 is 1.78. The SMILES string of the molecule is Cc1cccc(Sc2c(C(=N)N)c(C)nn2C)c1. The Balaban J connectivity index is 2.43. The van der Waals surface area contributed by atoms with E-state index in [0.717, 1.165) is 21.2 Å². The maximum atomic E-state index is 7.65. The molecule has 0 aliphatic rings. The van der Waals surface area contributed by atoms with Crippen LogP contribution in [0.5, 0.6) is 0 Å². The first-order chi connectivity index (χ1) is 8.49. The summed E-state index contributed by atoms with van der Waals surface area (Å²) in [5.41, 5.74) is 8.36. The predicted octanol–water partition coefficient (Wildman–Crippen LogP) is 2.47. The molecule has 0 unspecified atom stereocenters. The highest BCUT2D eigenvalue weighted by Gasteiger charge is 2.16. The number of aryl methyl sites for hydroxylation is 3. The van der Waals surface area contributed by atoms with Gasteiger partial charge in [-0.2, -0.15) is 5.10 Å². The van der Waals surface area contributed by atoms with Crippen LogP contribution in [0.2, 0.25) is 0 Å². The maximum Gasteiger partial charge on any atom is 0.127 e. The molecule has 1 aromatic heterocycles. The van der Waals surface area contributed by atoms with Crippen LogP contribution < -0.4 is 5.73 Å². The minimum Gasteiger partial charge on any atom is -0.384 e. The zero-order valence-electron chi connectivity index (χ0n) is 10.7. The third-order valence-corrected chi connectivity index (χ3v) is 3.79. The van der Waals surface area contributed by atoms with E-state index in [2.05, 4.69) is 24.2 Å². The van der Waals surface area contributed by atoms with Crippen LogP contribution in [0.4, 0.5) is 0 Å². The quantitative estimate of drug-likeness (QED) is 0.658. The summed E-state index contributed by atoms with van der Waals surface area (Å²) in [5.74, 6) is 0.0655. The van der Waals surface area contributed by atoms with E-state index in [-0.39, 0.29) is 5.84 Å². The van der Waals surface area contributed by atoms with Crippen LogP contribution in [-0.4, -0.2) is 15.6 Å². The normalized spacial score (nSPS) is 10.6. The van der Waals surface area contributed by atoms with Gasteiger partial charge in [-0.05, 0) is 26.0 Å². The van der Waals surface area contributed by atoms with Crippen molar-refractivity contribution in [2.75, 3.05) is 0 Å². The Hall–Kier alpha value is -1.75. The number of benzene rings is 1. The summed E-state index contributed by atoms with van der Waals surface area (Å²) in [6, 6.07) is 8.24. The number of aromatic nitrogens is 2. The van der Waals surface area contributed by atoms with Crippen molar-refractivity contribution in [3.8, 4) is 0 Å². The molecular weight excluding hydrogens is 244 g/mol. The summed E-state index contributed by atoms with van der Waals surface area (Å²) in [6.07, 6.45) is 0. The fourth-order valence-electron chi connectivity index (χ4n) is 1.85. The minimum absolute atomic E-state index is 0.0655. The van der Waals surface area contributed by atoms with Crippen LogP contribution >= 0.6 is 11.8 Å². The van der Waals surface area contributed by atoms with Crippen LogP contribution in [0.15, 0.2) is 34.2 Å². The third-order valence-electron chi connectivity index (χ3n) is 2.64. The van der Waals surface area contributed by atoms with Crippen LogP contribution in [0, 0.1) is 19.3 Å². The smallest absolute Gasteiger partial charge is 0.127 e. The Morgan fingerprint density at radius 2 is 2.11 bits per heavy atom. The molecule has 1 aromatic carbocycles. The monoisotopic (exact) mass is 260 g/mol. The molecule has 1 heterocycles. The van der Waals surface area contributed by atoms with Crippen LogP contribution in [0.25, 0.3) is 0 Å². The Kier molecular flexibility index (Phi) is 3.43. The molecule has 0 saturated carbocycles. The lowest BCUT2D eigenvalue weighted by atomic mass is 10.2. The van der Waals surface area contributed by atoms with Gasteiger partial charge >= 0.3 is 0 Å². The zero-order valence-corrected chi connectivity index (χ0v) is 11.5. The Labute approximate surface area is 111 Å². The van der Waals surface area contributed by atoms with Crippen LogP contribution in [0.3, 0.4) is 0 Å². The van der Waals surface area contributed by atoms with Crippen molar-refractivity contribution in [1.29, 1.82) is 5.41 Å². The molecule has 0 radical (unpaired) electrons. The first-order valence-corrected chi connectivity index (χ1v) is 6.43. The number of nitrogens with zero attached hydrogens (tertiary/aromatic N) is 2. The van der Waals surface area contributed by atoms with E-state index >= 15 is 0 Å². The van der Waals surface area contributed by atoms with Crippen molar-refractivity contribution >= 4 is 17.6 Å². The van der Waals surface area contributed by atoms with E-state index in [1.54, 1.807) is 16.4 Å². The van der Waals surface area contributed by atoms with E-state index in [9.17, 15) is 0 Å². The van der Waals surface area contributed by atoms with Crippen molar-refractivity contribution < 1.29 is 0 Å². The highest BCUT2D eigenvalue weighted by molar-refractivity contribution is 7.99. The van der Waals surface area contributed by atoms with Crippen molar-refractivity contribution in [3.63, 3.8) is 0 Å². The molecule has 3 N–H and O–H groups in total. The Morgan fingerprint density at radius 3 is 2.72 bits per heavy atom. The molecular formula is C13H16N4S. The van der Waals surface area contributed by atoms with Gasteiger partial charge in [-0.1, -0.05) is 29.5 Å². The van der Waals surface area contributed by atoms with E-state index in [0.29, 0.717) is 0 Å². The predicted molar refractivity (Wildman–Crippen MR) is 74.3 cm³/mol. The van der Waals surface area contributed by atoms with Gasteiger partial charge in [0.1, 0.15) is 10.9 Å². The second kappa shape index (κ2) is 4.86. The molecule has 4 nitrogen and oxygen atoms in total. The van der Waals surface area contributed by atoms with Crippen molar-refractivity contribution in [1.82, 2.24) is 9.78 Å². The van der Waals surface area contributed by atoms with Crippen LogP contribution in [0.1, 0.15) is 16.8 Å². The average molecular weight is 260 g/mol. The lowest BCUT2D eigenvalue weighted by Gasteiger charge is -2.06. The number of nitrogen functional groups attached to an aromatic ring is 1. The first-order valence-electron chi connectivity index (χ1n) is 5.61. The molecule has 0 spiro atoms. The molecule has 0 atom stereocenters. The van der Waals surface area contributed by atoms with E-state index < -0.39 is 0 Å². The van der Waals surface area contributed by atoms with Gasteiger partial charge in [0.25, 0.3) is 0 Å². The summed E-state index contributed by atoms with van der Waals surface area (Å²) in [6.45, 7) is 3.93. The number of nitrogens with two attached hydrogens (primary N) is 1. The lowest BCUT2D eigenvalue weighted by Crippen LogP contribution is -2.13. The third kappa shape index (κ3) is 2.41. The van der Waals surface area contributed by atoms with Crippen molar-refractivity contribution in [2.24, 2.45) is 12.8 Å². The van der Waals surface area contributed by atoms with Gasteiger partial charge in [0.05, 0.1) is 11.3 Å². The minimum atomic E-state index is 0.0655. The second-order valence-electron chi connectivity index (χ2n) is 4.22. The van der Waals surface area contributed by atoms with Gasteiger partial charge in [0.15, 0.2) is 0 Å². The van der Waals surface area contributed by atoms with Gasteiger partial charge in [-0.25, -0.2) is 0 Å². The molecule has 0 aliphatic carbocycles. The van der Waals surface area contributed by atoms with Crippen molar-refractivity contribution in [3.05, 3.63) is 41.1 Å². The topological polar surface area (TPSA) is 67.7 Å². The molecule has 0 bridgehead atoms. The molecule has 2 rings (SSSR count). The Morgan fingerprint density at radius 1 is 1.39 bits per heavy atom. The number of hydrogen-bond donors (Lipinski definition) is 2. The van der Waals surface area contributed by atoms with Crippen molar-refractivity contribution in [2.45, 2.75) is 23.8 Å². The first kappa shape index (κ1) is 12.7. The number of nitrogens with one attached hydrogen (secondary N) is 1. The van der Waals surface area contributed by atoms with E-state index in [1.807, 2.05) is 26.1 Å². The van der Waals surface area contributed by atoms with Gasteiger partial charge < -0.3 is 5.73 Å². The summed E-state index contributed by atoms with van der Waals surface area (Å²) in [5, 5.41) is 12.9. The molecule has 18 heavy (non-hydrogen) atoms. The van der Waals surface area contributed by atoms with Gasteiger partial charge in [0.2, 0.25) is 0 Å². The molecule has 5 heteroatoms. The largest absolute Gasteiger partial charge is 0.384 e. The highest BCUT2D eigenvalue weighted by Crippen LogP contribution is 2.31. The van der Waals surface area contributed by atoms with Crippen LogP contribution in [-0.2, 0) is 7.05 Å². The fourth-order valence-corrected chi connectivity index (χ4v) is 3.00. The fraction of sp³-hybridized carbons (Fsp3) is 0.231. The maximum absolute atomic E-state index is 7.65. The van der Waals surface area contributed by atoms with Gasteiger partial charge in [-0.3, -0.25) is 10.1 Å². The number of rotatable bonds is 3.